The molecule has 2 fully saturated rings. The number of hydrogen-bond acceptors (Lipinski definition) is 5. The standard InChI is InChI=1S/C8H15N3O4/c9-1-3-6(12)7(13)5-4(15-3)2-10-8(14)11-5/h3-7,12-13H,1-2,9H2,(H2,10,11,14). The van der Waals surface area contributed by atoms with Crippen molar-refractivity contribution in [2.24, 2.45) is 5.73 Å². The molecule has 0 aromatic rings. The molecule has 5 unspecified atom stereocenters. The van der Waals surface area contributed by atoms with Crippen molar-refractivity contribution in [3.8, 4) is 0 Å². The number of amides is 2. The van der Waals surface area contributed by atoms with Gasteiger partial charge in [-0.1, -0.05) is 0 Å². The molecular weight excluding hydrogens is 202 g/mol. The van der Waals surface area contributed by atoms with Crippen molar-refractivity contribution in [2.75, 3.05) is 13.1 Å². The van der Waals surface area contributed by atoms with Crippen molar-refractivity contribution >= 4 is 6.03 Å². The summed E-state index contributed by atoms with van der Waals surface area (Å²) in [5, 5.41) is 24.5. The van der Waals surface area contributed by atoms with Crippen molar-refractivity contribution in [2.45, 2.75) is 30.5 Å². The van der Waals surface area contributed by atoms with E-state index in [4.69, 9.17) is 10.5 Å². The highest BCUT2D eigenvalue weighted by Crippen LogP contribution is 2.21. The Hall–Kier alpha value is -0.890. The van der Waals surface area contributed by atoms with E-state index in [0.717, 1.165) is 0 Å². The van der Waals surface area contributed by atoms with Crippen LogP contribution in [0, 0.1) is 0 Å². The van der Waals surface area contributed by atoms with Crippen LogP contribution >= 0.6 is 0 Å². The molecule has 2 amide bonds. The lowest BCUT2D eigenvalue weighted by Crippen LogP contribution is -2.70. The molecule has 2 saturated heterocycles. The first kappa shape index (κ1) is 10.6. The number of fused-ring (bicyclic) bond motifs is 1. The van der Waals surface area contributed by atoms with Gasteiger partial charge in [0.2, 0.25) is 0 Å². The molecule has 2 heterocycles. The van der Waals surface area contributed by atoms with Crippen LogP contribution in [0.1, 0.15) is 0 Å². The third-order valence-corrected chi connectivity index (χ3v) is 2.84. The number of nitrogens with two attached hydrogens (primary N) is 1. The van der Waals surface area contributed by atoms with Crippen LogP contribution in [0.3, 0.4) is 0 Å². The van der Waals surface area contributed by atoms with Gasteiger partial charge < -0.3 is 31.3 Å². The quantitative estimate of drug-likeness (QED) is 0.323. The summed E-state index contributed by atoms with van der Waals surface area (Å²) in [7, 11) is 0. The van der Waals surface area contributed by atoms with E-state index in [1.54, 1.807) is 0 Å². The lowest BCUT2D eigenvalue weighted by Gasteiger charge is -2.45. The van der Waals surface area contributed by atoms with Gasteiger partial charge in [-0.3, -0.25) is 0 Å². The van der Waals surface area contributed by atoms with Crippen LogP contribution in [0.25, 0.3) is 0 Å². The molecule has 6 N–H and O–H groups in total. The molecule has 2 aliphatic heterocycles. The fourth-order valence-electron chi connectivity index (χ4n) is 1.99. The van der Waals surface area contributed by atoms with Crippen LogP contribution in [-0.2, 0) is 4.74 Å². The molecule has 0 aromatic heterocycles. The second kappa shape index (κ2) is 3.93. The highest BCUT2D eigenvalue weighted by molar-refractivity contribution is 5.75. The number of hydrogen-bond donors (Lipinski definition) is 5. The SMILES string of the molecule is NCC1OC2CNC(=O)NC2C(O)C1O. The fourth-order valence-corrected chi connectivity index (χ4v) is 1.99. The van der Waals surface area contributed by atoms with Gasteiger partial charge in [-0.25, -0.2) is 4.79 Å². The molecule has 86 valence electrons. The summed E-state index contributed by atoms with van der Waals surface area (Å²) in [6.07, 6.45) is -3.04. The number of urea groups is 1. The van der Waals surface area contributed by atoms with Gasteiger partial charge in [0.25, 0.3) is 0 Å². The zero-order valence-electron chi connectivity index (χ0n) is 8.09. The first-order valence-corrected chi connectivity index (χ1v) is 4.89. The van der Waals surface area contributed by atoms with Gasteiger partial charge in [-0.15, -0.1) is 0 Å². The van der Waals surface area contributed by atoms with Crippen molar-refractivity contribution in [3.05, 3.63) is 0 Å². The Balaban J connectivity index is 2.11. The Bertz CT molecular complexity index is 260. The average Bonchev–Trinajstić information content (AvgIpc) is 2.24. The van der Waals surface area contributed by atoms with E-state index in [9.17, 15) is 15.0 Å². The molecule has 0 aromatic carbocycles. The van der Waals surface area contributed by atoms with E-state index < -0.39 is 24.4 Å². The Morgan fingerprint density at radius 1 is 1.47 bits per heavy atom. The lowest BCUT2D eigenvalue weighted by atomic mass is 9.91. The van der Waals surface area contributed by atoms with Gasteiger partial charge in [-0.05, 0) is 0 Å². The molecule has 0 spiro atoms. The largest absolute Gasteiger partial charge is 0.388 e. The van der Waals surface area contributed by atoms with Gasteiger partial charge in [0.15, 0.2) is 0 Å². The Morgan fingerprint density at radius 3 is 2.87 bits per heavy atom. The van der Waals surface area contributed by atoms with E-state index in [1.807, 2.05) is 0 Å². The molecular formula is C8H15N3O4. The molecule has 7 nitrogen and oxygen atoms in total. The second-order valence-corrected chi connectivity index (χ2v) is 3.81. The number of aliphatic hydroxyl groups excluding tert-OH is 2. The summed E-state index contributed by atoms with van der Waals surface area (Å²) < 4.78 is 5.46. The topological polar surface area (TPSA) is 117 Å². The molecule has 15 heavy (non-hydrogen) atoms. The van der Waals surface area contributed by atoms with Gasteiger partial charge >= 0.3 is 6.03 Å². The second-order valence-electron chi connectivity index (χ2n) is 3.81. The predicted molar refractivity (Wildman–Crippen MR) is 50.1 cm³/mol. The Morgan fingerprint density at radius 2 is 2.20 bits per heavy atom. The smallest absolute Gasteiger partial charge is 0.315 e. The molecule has 2 rings (SSSR count). The normalized spacial score (nSPS) is 45.3. The Labute approximate surface area is 86.6 Å². The van der Waals surface area contributed by atoms with Crippen molar-refractivity contribution in [1.29, 1.82) is 0 Å². The monoisotopic (exact) mass is 217 g/mol. The number of carbonyl (C=O) groups is 1. The summed E-state index contributed by atoms with van der Waals surface area (Å²) in [6.45, 7) is 0.451. The first-order chi connectivity index (χ1) is 7.13. The lowest BCUT2D eigenvalue weighted by molar-refractivity contribution is -0.180. The summed E-state index contributed by atoms with van der Waals surface area (Å²) in [6, 6.07) is -0.936. The molecule has 2 aliphatic rings. The highest BCUT2D eigenvalue weighted by atomic mass is 16.5. The van der Waals surface area contributed by atoms with E-state index in [1.165, 1.54) is 0 Å². The summed E-state index contributed by atoms with van der Waals surface area (Å²) >= 11 is 0. The number of nitrogens with one attached hydrogen (secondary N) is 2. The summed E-state index contributed by atoms with van der Waals surface area (Å²) in [4.78, 5) is 11.0. The van der Waals surface area contributed by atoms with Crippen molar-refractivity contribution in [3.63, 3.8) is 0 Å². The first-order valence-electron chi connectivity index (χ1n) is 4.89. The van der Waals surface area contributed by atoms with E-state index in [0.29, 0.717) is 6.54 Å². The van der Waals surface area contributed by atoms with E-state index >= 15 is 0 Å². The number of ether oxygens (including phenoxy) is 1. The highest BCUT2D eigenvalue weighted by Gasteiger charge is 2.46. The van der Waals surface area contributed by atoms with Crippen LogP contribution in [0.5, 0.6) is 0 Å². The predicted octanol–water partition coefficient (Wildman–Crippen LogP) is -2.88. The molecule has 0 bridgehead atoms. The summed E-state index contributed by atoms with van der Waals surface area (Å²) in [5.41, 5.74) is 5.40. The van der Waals surface area contributed by atoms with Crippen LogP contribution in [0.2, 0.25) is 0 Å². The van der Waals surface area contributed by atoms with Crippen LogP contribution in [-0.4, -0.2) is 59.8 Å². The minimum absolute atomic E-state index is 0.134. The summed E-state index contributed by atoms with van der Waals surface area (Å²) in [5.74, 6) is 0. The van der Waals surface area contributed by atoms with Gasteiger partial charge in [0.1, 0.15) is 12.2 Å². The number of carbonyl (C=O) groups excluding carboxylic acids is 1. The molecule has 0 radical (unpaired) electrons. The van der Waals surface area contributed by atoms with Crippen LogP contribution in [0.15, 0.2) is 0 Å². The van der Waals surface area contributed by atoms with Gasteiger partial charge in [0, 0.05) is 13.1 Å². The van der Waals surface area contributed by atoms with E-state index in [2.05, 4.69) is 10.6 Å². The zero-order valence-corrected chi connectivity index (χ0v) is 8.09. The Kier molecular flexibility index (Phi) is 2.79. The van der Waals surface area contributed by atoms with Crippen molar-refractivity contribution in [1.82, 2.24) is 10.6 Å². The maximum atomic E-state index is 11.0. The third-order valence-electron chi connectivity index (χ3n) is 2.84. The van der Waals surface area contributed by atoms with Crippen LogP contribution < -0.4 is 16.4 Å². The van der Waals surface area contributed by atoms with Gasteiger partial charge in [-0.2, -0.15) is 0 Å². The number of rotatable bonds is 1. The minimum atomic E-state index is -1.06. The third kappa shape index (κ3) is 1.78. The average molecular weight is 217 g/mol. The molecule has 5 atom stereocenters. The molecule has 0 saturated carbocycles. The number of aliphatic hydroxyl groups is 2. The molecule has 0 aliphatic carbocycles. The minimum Gasteiger partial charge on any atom is -0.388 e. The fraction of sp³-hybridized carbons (Fsp3) is 0.875. The maximum absolute atomic E-state index is 11.0. The van der Waals surface area contributed by atoms with Gasteiger partial charge in [0.05, 0.1) is 18.2 Å². The molecule has 7 heteroatoms. The maximum Gasteiger partial charge on any atom is 0.315 e. The van der Waals surface area contributed by atoms with Crippen LogP contribution in [0.4, 0.5) is 4.79 Å². The van der Waals surface area contributed by atoms with E-state index in [-0.39, 0.29) is 18.7 Å². The zero-order chi connectivity index (χ0) is 11.0. The van der Waals surface area contributed by atoms with Crippen molar-refractivity contribution < 1.29 is 19.7 Å².